The van der Waals surface area contributed by atoms with Crippen LogP contribution in [0.25, 0.3) is 0 Å². The minimum Gasteiger partial charge on any atom is -0.497 e. The van der Waals surface area contributed by atoms with Gasteiger partial charge in [-0.2, -0.15) is 0 Å². The molecule has 4 nitrogen and oxygen atoms in total. The van der Waals surface area contributed by atoms with Crippen LogP contribution in [0.3, 0.4) is 0 Å². The van der Waals surface area contributed by atoms with E-state index in [0.717, 1.165) is 22.0 Å². The molecule has 0 aromatic heterocycles. The molecule has 24 heavy (non-hydrogen) atoms. The summed E-state index contributed by atoms with van der Waals surface area (Å²) in [5.41, 5.74) is 1.98. The third-order valence-electron chi connectivity index (χ3n) is 3.69. The van der Waals surface area contributed by atoms with Crippen molar-refractivity contribution in [2.75, 3.05) is 33.1 Å². The van der Waals surface area contributed by atoms with Crippen LogP contribution in [0, 0.1) is 0 Å². The summed E-state index contributed by atoms with van der Waals surface area (Å²) in [5.74, 6) is 0.811. The molecule has 0 unspecified atom stereocenters. The Kier molecular flexibility index (Phi) is 6.85. The number of anilines is 1. The van der Waals surface area contributed by atoms with Crippen molar-refractivity contribution >= 4 is 34.6 Å². The van der Waals surface area contributed by atoms with E-state index < -0.39 is 0 Å². The van der Waals surface area contributed by atoms with E-state index in [9.17, 15) is 0 Å². The van der Waals surface area contributed by atoms with E-state index in [1.54, 1.807) is 7.11 Å². The highest BCUT2D eigenvalue weighted by atomic mass is 35.5. The fourth-order valence-corrected chi connectivity index (χ4v) is 2.82. The number of methoxy groups -OCH3 is 1. The highest BCUT2D eigenvalue weighted by molar-refractivity contribution is 7.80. The molecule has 0 saturated carbocycles. The maximum Gasteiger partial charge on any atom is 0.170 e. The predicted octanol–water partition coefficient (Wildman–Crippen LogP) is 3.94. The van der Waals surface area contributed by atoms with Gasteiger partial charge in [0.05, 0.1) is 13.2 Å². The van der Waals surface area contributed by atoms with Gasteiger partial charge in [0.2, 0.25) is 0 Å². The van der Waals surface area contributed by atoms with E-state index in [2.05, 4.69) is 15.5 Å². The second-order valence-electron chi connectivity index (χ2n) is 5.56. The molecule has 0 fully saturated rings. The van der Waals surface area contributed by atoms with Gasteiger partial charge in [0.15, 0.2) is 5.11 Å². The lowest BCUT2D eigenvalue weighted by Crippen LogP contribution is -2.36. The van der Waals surface area contributed by atoms with E-state index in [1.807, 2.05) is 62.6 Å². The Morgan fingerprint density at radius 3 is 2.42 bits per heavy atom. The summed E-state index contributed by atoms with van der Waals surface area (Å²) < 4.78 is 5.15. The zero-order chi connectivity index (χ0) is 17.5. The van der Waals surface area contributed by atoms with Crippen molar-refractivity contribution < 1.29 is 4.74 Å². The normalized spacial score (nSPS) is 11.9. The predicted molar refractivity (Wildman–Crippen MR) is 105 cm³/mol. The van der Waals surface area contributed by atoms with Crippen molar-refractivity contribution in [1.82, 2.24) is 10.2 Å². The minimum atomic E-state index is 0.120. The molecule has 2 aromatic carbocycles. The molecule has 0 spiro atoms. The van der Waals surface area contributed by atoms with Crippen LogP contribution in [-0.2, 0) is 0 Å². The summed E-state index contributed by atoms with van der Waals surface area (Å²) in [4.78, 5) is 2.12. The van der Waals surface area contributed by atoms with Gasteiger partial charge in [-0.3, -0.25) is 0 Å². The van der Waals surface area contributed by atoms with Crippen molar-refractivity contribution in [3.05, 3.63) is 59.1 Å². The van der Waals surface area contributed by atoms with Crippen LogP contribution in [0.5, 0.6) is 5.75 Å². The fraction of sp³-hybridized carbons (Fsp3) is 0.278. The van der Waals surface area contributed by atoms with E-state index in [4.69, 9.17) is 28.6 Å². The van der Waals surface area contributed by atoms with Crippen molar-refractivity contribution in [1.29, 1.82) is 0 Å². The first-order valence-corrected chi connectivity index (χ1v) is 8.39. The maximum atomic E-state index is 6.32. The Hall–Kier alpha value is -1.82. The number of likely N-dealkylation sites (N-methyl/N-ethyl adjacent to an activating group) is 1. The van der Waals surface area contributed by atoms with Gasteiger partial charge in [-0.05, 0) is 62.2 Å². The summed E-state index contributed by atoms with van der Waals surface area (Å²) in [6.07, 6.45) is 0. The Bertz CT molecular complexity index is 676. The van der Waals surface area contributed by atoms with Gasteiger partial charge in [-0.1, -0.05) is 29.8 Å². The smallest absolute Gasteiger partial charge is 0.170 e. The van der Waals surface area contributed by atoms with E-state index in [1.165, 1.54) is 0 Å². The summed E-state index contributed by atoms with van der Waals surface area (Å²) >= 11 is 11.7. The lowest BCUT2D eigenvalue weighted by molar-refractivity contribution is 0.299. The zero-order valence-electron chi connectivity index (χ0n) is 14.0. The molecule has 0 aliphatic carbocycles. The van der Waals surface area contributed by atoms with Crippen molar-refractivity contribution in [3.63, 3.8) is 0 Å². The van der Waals surface area contributed by atoms with Crippen LogP contribution in [0.4, 0.5) is 5.69 Å². The molecule has 0 radical (unpaired) electrons. The molecule has 2 rings (SSSR count). The van der Waals surface area contributed by atoms with Crippen molar-refractivity contribution in [2.24, 2.45) is 0 Å². The van der Waals surface area contributed by atoms with Gasteiger partial charge in [0, 0.05) is 17.3 Å². The third-order valence-corrected chi connectivity index (χ3v) is 4.28. The first-order valence-electron chi connectivity index (χ1n) is 7.61. The van der Waals surface area contributed by atoms with Gasteiger partial charge in [0.1, 0.15) is 5.75 Å². The number of nitrogens with zero attached hydrogens (tertiary/aromatic N) is 1. The van der Waals surface area contributed by atoms with Gasteiger partial charge < -0.3 is 20.3 Å². The van der Waals surface area contributed by atoms with Crippen LogP contribution in [0.1, 0.15) is 11.6 Å². The largest absolute Gasteiger partial charge is 0.497 e. The molecule has 0 aliphatic rings. The summed E-state index contributed by atoms with van der Waals surface area (Å²) in [5, 5.41) is 7.75. The number of halogens is 1. The second kappa shape index (κ2) is 8.87. The Labute approximate surface area is 153 Å². The molecule has 0 aliphatic heterocycles. The maximum absolute atomic E-state index is 6.32. The molecule has 0 heterocycles. The van der Waals surface area contributed by atoms with Crippen LogP contribution < -0.4 is 15.4 Å². The van der Waals surface area contributed by atoms with E-state index in [0.29, 0.717) is 11.7 Å². The Balaban J connectivity index is 1.96. The summed E-state index contributed by atoms with van der Waals surface area (Å²) in [6.45, 7) is 0.652. The van der Waals surface area contributed by atoms with Gasteiger partial charge >= 0.3 is 0 Å². The molecule has 1 atom stereocenters. The van der Waals surface area contributed by atoms with E-state index >= 15 is 0 Å². The number of hydrogen-bond donors (Lipinski definition) is 2. The monoisotopic (exact) mass is 363 g/mol. The molecule has 6 heteroatoms. The summed E-state index contributed by atoms with van der Waals surface area (Å²) in [7, 11) is 5.69. The van der Waals surface area contributed by atoms with Gasteiger partial charge in [-0.15, -0.1) is 0 Å². The number of hydrogen-bond acceptors (Lipinski definition) is 3. The number of benzene rings is 2. The zero-order valence-corrected chi connectivity index (χ0v) is 15.6. The minimum absolute atomic E-state index is 0.120. The molecular weight excluding hydrogens is 342 g/mol. The second-order valence-corrected chi connectivity index (χ2v) is 6.38. The van der Waals surface area contributed by atoms with Crippen LogP contribution in [-0.4, -0.2) is 37.8 Å². The SMILES string of the molecule is COc1ccc(NC(=S)NC[C@H](c2ccccc2Cl)N(C)C)cc1. The quantitative estimate of drug-likeness (QED) is 0.760. The number of ether oxygens (including phenoxy) is 1. The molecule has 0 amide bonds. The van der Waals surface area contributed by atoms with Gasteiger partial charge in [-0.25, -0.2) is 0 Å². The molecule has 0 saturated heterocycles. The standard InChI is InChI=1S/C18H22ClN3OS/c1-22(2)17(15-6-4-5-7-16(15)19)12-20-18(24)21-13-8-10-14(23-3)11-9-13/h4-11,17H,12H2,1-3H3,(H2,20,21,24)/t17-/m1/s1. The Morgan fingerprint density at radius 2 is 1.83 bits per heavy atom. The highest BCUT2D eigenvalue weighted by Crippen LogP contribution is 2.25. The Morgan fingerprint density at radius 1 is 1.17 bits per heavy atom. The first kappa shape index (κ1) is 18.5. The molecule has 2 N–H and O–H groups in total. The molecule has 128 valence electrons. The van der Waals surface area contributed by atoms with Crippen molar-refractivity contribution in [3.8, 4) is 5.75 Å². The first-order chi connectivity index (χ1) is 11.5. The topological polar surface area (TPSA) is 36.5 Å². The molecule has 0 bridgehead atoms. The van der Waals surface area contributed by atoms with E-state index in [-0.39, 0.29) is 6.04 Å². The highest BCUT2D eigenvalue weighted by Gasteiger charge is 2.17. The van der Waals surface area contributed by atoms with Crippen LogP contribution in [0.2, 0.25) is 5.02 Å². The van der Waals surface area contributed by atoms with Crippen LogP contribution in [0.15, 0.2) is 48.5 Å². The average molecular weight is 364 g/mol. The number of rotatable bonds is 6. The number of thiocarbonyl (C=S) groups is 1. The van der Waals surface area contributed by atoms with Crippen LogP contribution >= 0.6 is 23.8 Å². The summed E-state index contributed by atoms with van der Waals surface area (Å²) in [6, 6.07) is 15.6. The number of nitrogens with one attached hydrogen (secondary N) is 2. The molecule has 2 aromatic rings. The lowest BCUT2D eigenvalue weighted by atomic mass is 10.1. The lowest BCUT2D eigenvalue weighted by Gasteiger charge is -2.26. The fourth-order valence-electron chi connectivity index (χ4n) is 2.36. The van der Waals surface area contributed by atoms with Gasteiger partial charge in [0.25, 0.3) is 0 Å². The molecular formula is C18H22ClN3OS. The van der Waals surface area contributed by atoms with Crippen molar-refractivity contribution in [2.45, 2.75) is 6.04 Å². The average Bonchev–Trinajstić information content (AvgIpc) is 2.57. The third kappa shape index (κ3) is 5.09.